The number of rotatable bonds is 6. The fourth-order valence-corrected chi connectivity index (χ4v) is 2.58. The van der Waals surface area contributed by atoms with E-state index in [1.165, 1.54) is 6.20 Å². The van der Waals surface area contributed by atoms with E-state index in [0.717, 1.165) is 12.0 Å². The lowest BCUT2D eigenvalue weighted by Crippen LogP contribution is -2.23. The number of benzene rings is 1. The summed E-state index contributed by atoms with van der Waals surface area (Å²) in [7, 11) is -3.54. The molecule has 1 aromatic carbocycles. The molecule has 7 heteroatoms. The van der Waals surface area contributed by atoms with Crippen molar-refractivity contribution in [2.24, 2.45) is 5.73 Å². The first-order chi connectivity index (χ1) is 9.12. The topological polar surface area (TPSA) is 98.2 Å². The van der Waals surface area contributed by atoms with Crippen molar-refractivity contribution in [3.8, 4) is 0 Å². The van der Waals surface area contributed by atoms with Crippen LogP contribution in [0, 0.1) is 0 Å². The molecular weight excluding hydrogens is 266 g/mol. The minimum Gasteiger partial charge on any atom is -0.360 e. The Hall–Kier alpha value is -1.70. The van der Waals surface area contributed by atoms with Crippen LogP contribution in [0.1, 0.15) is 11.3 Å². The maximum atomic E-state index is 12.0. The molecule has 19 heavy (non-hydrogen) atoms. The van der Waals surface area contributed by atoms with Gasteiger partial charge >= 0.3 is 0 Å². The van der Waals surface area contributed by atoms with Gasteiger partial charge in [0.05, 0.1) is 17.6 Å². The summed E-state index contributed by atoms with van der Waals surface area (Å²) in [5, 5.41) is 3.51. The highest BCUT2D eigenvalue weighted by Crippen LogP contribution is 2.11. The van der Waals surface area contributed by atoms with Crippen molar-refractivity contribution in [2.45, 2.75) is 17.9 Å². The van der Waals surface area contributed by atoms with Crippen molar-refractivity contribution in [2.75, 3.05) is 6.54 Å². The Morgan fingerprint density at radius 3 is 2.53 bits per heavy atom. The van der Waals surface area contributed by atoms with Crippen LogP contribution < -0.4 is 10.5 Å². The first-order valence-corrected chi connectivity index (χ1v) is 7.28. The molecule has 1 heterocycles. The van der Waals surface area contributed by atoms with E-state index in [1.54, 1.807) is 30.3 Å². The van der Waals surface area contributed by atoms with Crippen molar-refractivity contribution in [1.29, 1.82) is 0 Å². The third-order valence-corrected chi connectivity index (χ3v) is 4.01. The Labute approximate surface area is 111 Å². The molecule has 6 nitrogen and oxygen atoms in total. The molecule has 0 spiro atoms. The summed E-state index contributed by atoms with van der Waals surface area (Å²) < 4.78 is 31.3. The van der Waals surface area contributed by atoms with Gasteiger partial charge in [0.1, 0.15) is 0 Å². The van der Waals surface area contributed by atoms with Gasteiger partial charge in [0.15, 0.2) is 5.76 Å². The lowest BCUT2D eigenvalue weighted by molar-refractivity contribution is 0.380. The minimum atomic E-state index is -3.54. The van der Waals surface area contributed by atoms with E-state index in [-0.39, 0.29) is 11.4 Å². The van der Waals surface area contributed by atoms with Crippen LogP contribution in [0.15, 0.2) is 45.9 Å². The Morgan fingerprint density at radius 2 is 1.95 bits per heavy atom. The molecule has 2 rings (SSSR count). The summed E-state index contributed by atoms with van der Waals surface area (Å²) >= 11 is 0. The van der Waals surface area contributed by atoms with E-state index in [2.05, 4.69) is 9.88 Å². The third kappa shape index (κ3) is 3.63. The lowest BCUT2D eigenvalue weighted by atomic mass is 10.2. The smallest absolute Gasteiger partial charge is 0.240 e. The van der Waals surface area contributed by atoms with E-state index in [1.807, 2.05) is 0 Å². The number of nitrogens with zero attached hydrogens (tertiary/aromatic N) is 1. The van der Waals surface area contributed by atoms with Gasteiger partial charge in [-0.3, -0.25) is 0 Å². The van der Waals surface area contributed by atoms with Crippen molar-refractivity contribution in [1.82, 2.24) is 9.88 Å². The zero-order chi connectivity index (χ0) is 13.7. The number of hydrogen-bond donors (Lipinski definition) is 2. The molecule has 2 aromatic rings. The van der Waals surface area contributed by atoms with Crippen molar-refractivity contribution < 1.29 is 12.9 Å². The van der Waals surface area contributed by atoms with Gasteiger partial charge in [0, 0.05) is 6.07 Å². The summed E-state index contributed by atoms with van der Waals surface area (Å²) in [6.45, 7) is 0.614. The number of aromatic nitrogens is 1. The molecule has 0 aliphatic heterocycles. The normalized spacial score (nSPS) is 11.6. The molecule has 0 bridgehead atoms. The highest BCUT2D eigenvalue weighted by atomic mass is 32.2. The molecule has 0 amide bonds. The summed E-state index contributed by atoms with van der Waals surface area (Å²) in [4.78, 5) is 0.216. The van der Waals surface area contributed by atoms with Crippen LogP contribution in [0.5, 0.6) is 0 Å². The Morgan fingerprint density at radius 1 is 1.21 bits per heavy atom. The summed E-state index contributed by atoms with van der Waals surface area (Å²) in [5.41, 5.74) is 6.45. The molecular formula is C12H15N3O3S. The molecule has 1 aromatic heterocycles. The molecule has 3 N–H and O–H groups in total. The second-order valence-corrected chi connectivity index (χ2v) is 5.75. The fraction of sp³-hybridized carbons (Fsp3) is 0.250. The Bertz CT molecular complexity index is 606. The monoisotopic (exact) mass is 281 g/mol. The van der Waals surface area contributed by atoms with Gasteiger partial charge < -0.3 is 10.3 Å². The van der Waals surface area contributed by atoms with Gasteiger partial charge in [-0.05, 0) is 30.7 Å². The summed E-state index contributed by atoms with van der Waals surface area (Å²) in [6, 6.07) is 8.25. The van der Waals surface area contributed by atoms with Gasteiger partial charge in [0.2, 0.25) is 10.0 Å². The van der Waals surface area contributed by atoms with Crippen LogP contribution in [-0.2, 0) is 23.0 Å². The van der Waals surface area contributed by atoms with E-state index < -0.39 is 10.0 Å². The molecule has 102 valence electrons. The van der Waals surface area contributed by atoms with Crippen molar-refractivity contribution >= 4 is 10.0 Å². The number of hydrogen-bond acceptors (Lipinski definition) is 5. The first-order valence-electron chi connectivity index (χ1n) is 5.80. The first kappa shape index (κ1) is 13.7. The van der Waals surface area contributed by atoms with E-state index in [9.17, 15) is 8.42 Å². The summed E-state index contributed by atoms with van der Waals surface area (Å²) in [6.07, 6.45) is 2.19. The lowest BCUT2D eigenvalue weighted by Gasteiger charge is -2.06. The minimum absolute atomic E-state index is 0.0763. The third-order valence-electron chi connectivity index (χ3n) is 2.59. The molecule has 0 aliphatic rings. The maximum absolute atomic E-state index is 12.0. The molecule has 0 radical (unpaired) electrons. The van der Waals surface area contributed by atoms with Crippen molar-refractivity contribution in [3.05, 3.63) is 47.9 Å². The van der Waals surface area contributed by atoms with Gasteiger partial charge in [-0.15, -0.1) is 0 Å². The Balaban J connectivity index is 2.06. The summed E-state index contributed by atoms with van der Waals surface area (Å²) in [5.74, 6) is 0.461. The second-order valence-electron chi connectivity index (χ2n) is 3.99. The van der Waals surface area contributed by atoms with E-state index in [0.29, 0.717) is 12.3 Å². The van der Waals surface area contributed by atoms with Gasteiger partial charge in [0.25, 0.3) is 0 Å². The highest BCUT2D eigenvalue weighted by molar-refractivity contribution is 7.89. The van der Waals surface area contributed by atoms with Gasteiger partial charge in [-0.2, -0.15) is 0 Å². The average molecular weight is 281 g/mol. The van der Waals surface area contributed by atoms with E-state index in [4.69, 9.17) is 10.3 Å². The van der Waals surface area contributed by atoms with E-state index >= 15 is 0 Å². The predicted molar refractivity (Wildman–Crippen MR) is 69.7 cm³/mol. The molecule has 0 fully saturated rings. The standard InChI is InChI=1S/C12H15N3O3S/c13-7-5-10-1-3-12(4-2-10)19(16,17)15-9-11-6-8-14-18-11/h1-4,6,8,15H,5,7,9,13H2. The average Bonchev–Trinajstić information content (AvgIpc) is 2.91. The molecule has 0 aliphatic carbocycles. The highest BCUT2D eigenvalue weighted by Gasteiger charge is 2.14. The molecule has 0 saturated carbocycles. The fourth-order valence-electron chi connectivity index (χ4n) is 1.58. The van der Waals surface area contributed by atoms with Gasteiger partial charge in [-0.1, -0.05) is 17.3 Å². The van der Waals surface area contributed by atoms with Crippen LogP contribution in [-0.4, -0.2) is 20.1 Å². The largest absolute Gasteiger partial charge is 0.360 e. The van der Waals surface area contributed by atoms with Crippen LogP contribution in [0.2, 0.25) is 0 Å². The SMILES string of the molecule is NCCc1ccc(S(=O)(=O)NCc2ccno2)cc1. The van der Waals surface area contributed by atoms with Crippen LogP contribution in [0.3, 0.4) is 0 Å². The van der Waals surface area contributed by atoms with Crippen molar-refractivity contribution in [3.63, 3.8) is 0 Å². The van der Waals surface area contributed by atoms with Crippen LogP contribution >= 0.6 is 0 Å². The predicted octanol–water partition coefficient (Wildman–Crippen LogP) is 0.654. The zero-order valence-corrected chi connectivity index (χ0v) is 11.1. The quantitative estimate of drug-likeness (QED) is 0.810. The number of nitrogens with one attached hydrogen (secondary N) is 1. The van der Waals surface area contributed by atoms with Crippen LogP contribution in [0.25, 0.3) is 0 Å². The molecule has 0 unspecified atom stereocenters. The van der Waals surface area contributed by atoms with Crippen LogP contribution in [0.4, 0.5) is 0 Å². The molecule has 0 saturated heterocycles. The number of sulfonamides is 1. The Kier molecular flexibility index (Phi) is 4.31. The maximum Gasteiger partial charge on any atom is 0.240 e. The zero-order valence-electron chi connectivity index (χ0n) is 10.2. The second kappa shape index (κ2) is 5.96. The van der Waals surface area contributed by atoms with Gasteiger partial charge in [-0.25, -0.2) is 13.1 Å². The molecule has 0 atom stereocenters. The number of nitrogens with two attached hydrogens (primary N) is 1.